The molecule has 3 heterocycles. The third-order valence-corrected chi connectivity index (χ3v) is 7.32. The van der Waals surface area contributed by atoms with Crippen molar-refractivity contribution in [3.8, 4) is 0 Å². The summed E-state index contributed by atoms with van der Waals surface area (Å²) in [4.78, 5) is 28.6. The van der Waals surface area contributed by atoms with Crippen molar-refractivity contribution in [1.29, 1.82) is 0 Å². The first-order valence-electron chi connectivity index (χ1n) is 13.1. The van der Waals surface area contributed by atoms with Crippen LogP contribution in [0, 0.1) is 6.92 Å². The number of aryl methyl sites for hydroxylation is 2. The Hall–Kier alpha value is -3.00. The van der Waals surface area contributed by atoms with Crippen LogP contribution in [0.25, 0.3) is 11.2 Å². The first-order chi connectivity index (χ1) is 17.2. The number of benzene rings is 1. The number of rotatable bonds is 7. The van der Waals surface area contributed by atoms with Gasteiger partial charge in [-0.1, -0.05) is 39.0 Å². The fourth-order valence-electron chi connectivity index (χ4n) is 4.81. The van der Waals surface area contributed by atoms with Gasteiger partial charge in [0.25, 0.3) is 0 Å². The summed E-state index contributed by atoms with van der Waals surface area (Å²) in [7, 11) is 2.00. The van der Waals surface area contributed by atoms with Crippen LogP contribution in [0.4, 0.5) is 5.95 Å². The standard InChI is InChI=1S/C28H38N6O2/c1-18-6-7-20(28(2,3)4)14-19(18)15-23-25-26(29-17-33(25)5)32-27(31-23)34-12-10-22(11-13-34)36-16-24(35)30-21-8-9-21/h6-7,14,17,21-22H,8-13,15-16H2,1-5H3,(H,30,35). The molecule has 36 heavy (non-hydrogen) atoms. The number of nitrogens with one attached hydrogen (secondary N) is 1. The Morgan fingerprint density at radius 3 is 2.58 bits per heavy atom. The Balaban J connectivity index is 1.32. The topological polar surface area (TPSA) is 85.2 Å². The summed E-state index contributed by atoms with van der Waals surface area (Å²) >= 11 is 0. The number of imidazole rings is 1. The summed E-state index contributed by atoms with van der Waals surface area (Å²) < 4.78 is 7.91. The minimum absolute atomic E-state index is 0.000619. The molecule has 5 rings (SSSR count). The lowest BCUT2D eigenvalue weighted by Crippen LogP contribution is -2.39. The first-order valence-corrected chi connectivity index (χ1v) is 13.1. The van der Waals surface area contributed by atoms with Crippen LogP contribution in [0.1, 0.15) is 68.8 Å². The van der Waals surface area contributed by atoms with Gasteiger partial charge in [0.2, 0.25) is 11.9 Å². The van der Waals surface area contributed by atoms with Crippen molar-refractivity contribution in [3.63, 3.8) is 0 Å². The van der Waals surface area contributed by atoms with Gasteiger partial charge in [0.05, 0.1) is 18.1 Å². The van der Waals surface area contributed by atoms with Crippen molar-refractivity contribution in [1.82, 2.24) is 24.8 Å². The van der Waals surface area contributed by atoms with Gasteiger partial charge < -0.3 is 19.5 Å². The molecule has 0 spiro atoms. The van der Waals surface area contributed by atoms with Crippen LogP contribution in [-0.4, -0.2) is 57.3 Å². The van der Waals surface area contributed by atoms with Crippen molar-refractivity contribution in [2.24, 2.45) is 7.05 Å². The molecule has 1 saturated carbocycles. The summed E-state index contributed by atoms with van der Waals surface area (Å²) in [6, 6.07) is 7.14. The molecule has 1 aliphatic heterocycles. The number of nitrogens with zero attached hydrogens (tertiary/aromatic N) is 5. The minimum Gasteiger partial charge on any atom is -0.368 e. The zero-order valence-electron chi connectivity index (χ0n) is 22.2. The molecule has 2 aromatic heterocycles. The molecule has 1 aromatic carbocycles. The number of aromatic nitrogens is 4. The van der Waals surface area contributed by atoms with E-state index in [0.717, 1.165) is 68.0 Å². The zero-order valence-corrected chi connectivity index (χ0v) is 22.2. The lowest BCUT2D eigenvalue weighted by Gasteiger charge is -2.32. The van der Waals surface area contributed by atoms with Crippen LogP contribution < -0.4 is 10.2 Å². The van der Waals surface area contributed by atoms with E-state index in [9.17, 15) is 4.79 Å². The molecule has 8 nitrogen and oxygen atoms in total. The second-order valence-electron chi connectivity index (χ2n) is 11.4. The van der Waals surface area contributed by atoms with E-state index in [2.05, 4.69) is 61.1 Å². The van der Waals surface area contributed by atoms with Crippen LogP contribution in [0.2, 0.25) is 0 Å². The van der Waals surface area contributed by atoms with Crippen LogP contribution >= 0.6 is 0 Å². The molecular formula is C28H38N6O2. The largest absolute Gasteiger partial charge is 0.368 e. The van der Waals surface area contributed by atoms with Crippen molar-refractivity contribution in [2.45, 2.75) is 77.4 Å². The van der Waals surface area contributed by atoms with Crippen molar-refractivity contribution >= 4 is 23.0 Å². The molecule has 2 aliphatic rings. The van der Waals surface area contributed by atoms with E-state index in [1.807, 2.05) is 17.9 Å². The Bertz CT molecular complexity index is 1250. The number of hydrogen-bond acceptors (Lipinski definition) is 6. The average molecular weight is 491 g/mol. The van der Waals surface area contributed by atoms with Gasteiger partial charge in [0, 0.05) is 32.6 Å². The molecule has 1 aliphatic carbocycles. The highest BCUT2D eigenvalue weighted by atomic mass is 16.5. The number of fused-ring (bicyclic) bond motifs is 1. The fraction of sp³-hybridized carbons (Fsp3) is 0.571. The third-order valence-electron chi connectivity index (χ3n) is 7.32. The SMILES string of the molecule is Cc1ccc(C(C)(C)C)cc1Cc1nc(N2CCC(OCC(=O)NC3CC3)CC2)nc2ncn(C)c12. The number of carbonyl (C=O) groups excluding carboxylic acids is 1. The maximum absolute atomic E-state index is 12.0. The Labute approximate surface area is 213 Å². The maximum atomic E-state index is 12.0. The highest BCUT2D eigenvalue weighted by molar-refractivity contribution is 5.78. The van der Waals surface area contributed by atoms with Crippen molar-refractivity contribution in [3.05, 3.63) is 46.9 Å². The number of hydrogen-bond donors (Lipinski definition) is 1. The lowest BCUT2D eigenvalue weighted by atomic mass is 9.84. The Morgan fingerprint density at radius 2 is 1.89 bits per heavy atom. The van der Waals surface area contributed by atoms with Gasteiger partial charge in [0.1, 0.15) is 12.1 Å². The zero-order chi connectivity index (χ0) is 25.4. The Morgan fingerprint density at radius 1 is 1.14 bits per heavy atom. The summed E-state index contributed by atoms with van der Waals surface area (Å²) in [6.07, 6.45) is 6.52. The normalized spacial score (nSPS) is 17.1. The van der Waals surface area contributed by atoms with E-state index in [1.54, 1.807) is 0 Å². The monoisotopic (exact) mass is 490 g/mol. The number of piperidine rings is 1. The van der Waals surface area contributed by atoms with Gasteiger partial charge in [-0.15, -0.1) is 0 Å². The highest BCUT2D eigenvalue weighted by Gasteiger charge is 2.26. The summed E-state index contributed by atoms with van der Waals surface area (Å²) in [5.74, 6) is 0.727. The van der Waals surface area contributed by atoms with E-state index in [4.69, 9.17) is 14.7 Å². The smallest absolute Gasteiger partial charge is 0.246 e. The highest BCUT2D eigenvalue weighted by Crippen LogP contribution is 2.28. The molecule has 8 heteroatoms. The molecule has 0 radical (unpaired) electrons. The summed E-state index contributed by atoms with van der Waals surface area (Å²) in [6.45, 7) is 10.6. The van der Waals surface area contributed by atoms with Crippen molar-refractivity contribution < 1.29 is 9.53 Å². The van der Waals surface area contributed by atoms with E-state index in [0.29, 0.717) is 6.04 Å². The average Bonchev–Trinajstić information content (AvgIpc) is 3.58. The third kappa shape index (κ3) is 5.53. The molecule has 192 valence electrons. The second kappa shape index (κ2) is 9.81. The van der Waals surface area contributed by atoms with Gasteiger partial charge in [0.15, 0.2) is 5.65 Å². The molecule has 1 N–H and O–H groups in total. The quantitative estimate of drug-likeness (QED) is 0.542. The molecule has 2 fully saturated rings. The van der Waals surface area contributed by atoms with Crippen LogP contribution in [-0.2, 0) is 28.4 Å². The van der Waals surface area contributed by atoms with Gasteiger partial charge in [-0.3, -0.25) is 4.79 Å². The second-order valence-corrected chi connectivity index (χ2v) is 11.4. The van der Waals surface area contributed by atoms with E-state index < -0.39 is 0 Å². The first kappa shape index (κ1) is 24.7. The van der Waals surface area contributed by atoms with Gasteiger partial charge in [-0.25, -0.2) is 9.97 Å². The molecule has 0 atom stereocenters. The van der Waals surface area contributed by atoms with E-state index in [1.165, 1.54) is 16.7 Å². The molecule has 3 aromatic rings. The van der Waals surface area contributed by atoms with Gasteiger partial charge in [-0.2, -0.15) is 4.98 Å². The molecule has 0 bridgehead atoms. The van der Waals surface area contributed by atoms with Gasteiger partial charge >= 0.3 is 0 Å². The van der Waals surface area contributed by atoms with E-state index in [-0.39, 0.29) is 24.0 Å². The number of carbonyl (C=O) groups is 1. The van der Waals surface area contributed by atoms with Gasteiger partial charge in [-0.05, 0) is 54.7 Å². The molecule has 1 amide bonds. The van der Waals surface area contributed by atoms with Crippen LogP contribution in [0.5, 0.6) is 0 Å². The van der Waals surface area contributed by atoms with Crippen LogP contribution in [0.15, 0.2) is 24.5 Å². The number of amides is 1. The number of ether oxygens (including phenoxy) is 1. The van der Waals surface area contributed by atoms with Crippen LogP contribution in [0.3, 0.4) is 0 Å². The lowest BCUT2D eigenvalue weighted by molar-refractivity contribution is -0.128. The van der Waals surface area contributed by atoms with Crippen molar-refractivity contribution in [2.75, 3.05) is 24.6 Å². The maximum Gasteiger partial charge on any atom is 0.246 e. The molecule has 1 saturated heterocycles. The predicted octanol–water partition coefficient (Wildman–Crippen LogP) is 3.82. The summed E-state index contributed by atoms with van der Waals surface area (Å²) in [5, 5.41) is 2.99. The van der Waals surface area contributed by atoms with E-state index >= 15 is 0 Å². The summed E-state index contributed by atoms with van der Waals surface area (Å²) in [5.41, 5.74) is 6.68. The number of anilines is 1. The molecule has 0 unspecified atom stereocenters. The fourth-order valence-corrected chi connectivity index (χ4v) is 4.81. The molecular weight excluding hydrogens is 452 g/mol. The minimum atomic E-state index is -0.000619. The Kier molecular flexibility index (Phi) is 6.72. The predicted molar refractivity (Wildman–Crippen MR) is 141 cm³/mol.